The van der Waals surface area contributed by atoms with Crippen molar-refractivity contribution in [1.82, 2.24) is 19.9 Å². The lowest BCUT2D eigenvalue weighted by molar-refractivity contribution is -0.268. The maximum absolute atomic E-state index is 13.7. The molecule has 3 heterocycles. The van der Waals surface area contributed by atoms with Crippen LogP contribution >= 0.6 is 0 Å². The van der Waals surface area contributed by atoms with E-state index in [2.05, 4.69) is 15.0 Å². The molecule has 3 aromatic rings. The molecule has 2 aromatic heterocycles. The largest absolute Gasteiger partial charge is 0.421 e. The molecule has 2 N–H and O–H groups in total. The van der Waals surface area contributed by atoms with Gasteiger partial charge in [-0.05, 0) is 43.7 Å². The lowest BCUT2D eigenvalue weighted by Gasteiger charge is -2.36. The average molecular weight is 446 g/mol. The molecule has 4 rings (SSSR count). The number of halogens is 3. The van der Waals surface area contributed by atoms with Crippen molar-refractivity contribution in [2.24, 2.45) is 5.92 Å². The summed E-state index contributed by atoms with van der Waals surface area (Å²) < 4.78 is 41.1. The number of fused-ring (bicyclic) bond motifs is 1. The van der Waals surface area contributed by atoms with Gasteiger partial charge in [0.15, 0.2) is 5.60 Å². The van der Waals surface area contributed by atoms with Crippen LogP contribution in [0.15, 0.2) is 42.6 Å². The molecule has 0 spiro atoms. The number of alkyl halides is 3. The molecule has 0 radical (unpaired) electrons. The quantitative estimate of drug-likeness (QED) is 0.623. The van der Waals surface area contributed by atoms with Gasteiger partial charge in [-0.25, -0.2) is 4.98 Å². The van der Waals surface area contributed by atoms with Crippen LogP contribution in [0.1, 0.15) is 36.3 Å². The molecular weight excluding hydrogens is 421 g/mol. The number of pyridine rings is 1. The maximum atomic E-state index is 13.7. The summed E-state index contributed by atoms with van der Waals surface area (Å²) in [6, 6.07) is 8.64. The molecule has 32 heavy (non-hydrogen) atoms. The summed E-state index contributed by atoms with van der Waals surface area (Å²) in [5.74, 6) is 0.366. The summed E-state index contributed by atoms with van der Waals surface area (Å²) in [4.78, 5) is 26.3. The van der Waals surface area contributed by atoms with Gasteiger partial charge in [-0.15, -0.1) is 0 Å². The second-order valence-corrected chi connectivity index (χ2v) is 8.41. The minimum Gasteiger partial charge on any atom is -0.376 e. The Bertz CT molecular complexity index is 1090. The summed E-state index contributed by atoms with van der Waals surface area (Å²) in [5.41, 5.74) is -0.898. The Morgan fingerprint density at radius 1 is 1.19 bits per heavy atom. The standard InChI is InChI=1S/C23H25F3N4O2/c1-15-28-18-7-10-27-19(21(18)29-15)13-16-8-11-30(12-9-16)20(31)14-22(32,23(24,25)26)17-5-3-2-4-6-17/h2-7,10,16,32H,8-9,11-14H2,1H3,(H,28,29). The van der Waals surface area contributed by atoms with E-state index >= 15 is 0 Å². The van der Waals surface area contributed by atoms with E-state index in [-0.39, 0.29) is 11.5 Å². The number of rotatable bonds is 5. The molecule has 1 aliphatic heterocycles. The third-order valence-electron chi connectivity index (χ3n) is 6.17. The molecule has 1 atom stereocenters. The lowest BCUT2D eigenvalue weighted by Crippen LogP contribution is -2.48. The van der Waals surface area contributed by atoms with Crippen LogP contribution in [0.4, 0.5) is 13.2 Å². The number of aliphatic hydroxyl groups is 1. The van der Waals surface area contributed by atoms with Gasteiger partial charge in [-0.1, -0.05) is 30.3 Å². The minimum absolute atomic E-state index is 0.254. The first-order chi connectivity index (χ1) is 15.2. The highest BCUT2D eigenvalue weighted by molar-refractivity contribution is 5.78. The molecule has 170 valence electrons. The Hall–Kier alpha value is -2.94. The molecule has 1 fully saturated rings. The smallest absolute Gasteiger partial charge is 0.376 e. The number of nitrogens with zero attached hydrogens (tertiary/aromatic N) is 3. The molecule has 0 aliphatic carbocycles. The number of H-pyrrole nitrogens is 1. The van der Waals surface area contributed by atoms with Crippen molar-refractivity contribution < 1.29 is 23.1 Å². The van der Waals surface area contributed by atoms with Crippen LogP contribution in [-0.4, -0.2) is 50.1 Å². The highest BCUT2D eigenvalue weighted by atomic mass is 19.4. The predicted octanol–water partition coefficient (Wildman–Crippen LogP) is 3.89. The maximum Gasteiger partial charge on any atom is 0.421 e. The van der Waals surface area contributed by atoms with E-state index < -0.39 is 24.1 Å². The number of nitrogens with one attached hydrogen (secondary N) is 1. The number of aromatic amines is 1. The van der Waals surface area contributed by atoms with Crippen LogP contribution in [-0.2, 0) is 16.8 Å². The summed E-state index contributed by atoms with van der Waals surface area (Å²) >= 11 is 0. The van der Waals surface area contributed by atoms with Crippen molar-refractivity contribution in [3.63, 3.8) is 0 Å². The van der Waals surface area contributed by atoms with Gasteiger partial charge in [0.1, 0.15) is 11.3 Å². The zero-order valence-electron chi connectivity index (χ0n) is 17.7. The van der Waals surface area contributed by atoms with Crippen molar-refractivity contribution in [2.45, 2.75) is 44.4 Å². The number of benzene rings is 1. The number of carbonyl (C=O) groups is 1. The predicted molar refractivity (Wildman–Crippen MR) is 113 cm³/mol. The summed E-state index contributed by atoms with van der Waals surface area (Å²) in [6.45, 7) is 2.58. The van der Waals surface area contributed by atoms with Crippen LogP contribution in [0, 0.1) is 12.8 Å². The molecule has 6 nitrogen and oxygen atoms in total. The van der Waals surface area contributed by atoms with E-state index in [1.807, 2.05) is 13.0 Å². The van der Waals surface area contributed by atoms with Gasteiger partial charge in [-0.2, -0.15) is 13.2 Å². The van der Waals surface area contributed by atoms with Crippen LogP contribution < -0.4 is 0 Å². The second kappa shape index (κ2) is 8.54. The Kier molecular flexibility index (Phi) is 5.94. The van der Waals surface area contributed by atoms with Gasteiger partial charge in [0.2, 0.25) is 5.91 Å². The summed E-state index contributed by atoms with van der Waals surface area (Å²) in [7, 11) is 0. The van der Waals surface area contributed by atoms with Crippen LogP contribution in [0.3, 0.4) is 0 Å². The third kappa shape index (κ3) is 4.34. The van der Waals surface area contributed by atoms with E-state index in [9.17, 15) is 23.1 Å². The number of likely N-dealkylation sites (tertiary alicyclic amines) is 1. The summed E-state index contributed by atoms with van der Waals surface area (Å²) in [6.07, 6.45) is -2.26. The second-order valence-electron chi connectivity index (χ2n) is 8.41. The van der Waals surface area contributed by atoms with E-state index in [1.165, 1.54) is 29.2 Å². The molecule has 1 aromatic carbocycles. The zero-order chi connectivity index (χ0) is 22.9. The molecule has 0 saturated carbocycles. The third-order valence-corrected chi connectivity index (χ3v) is 6.17. The molecule has 1 aliphatic rings. The first-order valence-electron chi connectivity index (χ1n) is 10.6. The zero-order valence-corrected chi connectivity index (χ0v) is 17.7. The number of aromatic nitrogens is 3. The number of imidazole rings is 1. The SMILES string of the molecule is Cc1nc2c(CC3CCN(C(=O)CC(O)(c4ccccc4)C(F)(F)F)CC3)nccc2[nH]1. The van der Waals surface area contributed by atoms with Crippen LogP contribution in [0.5, 0.6) is 0 Å². The van der Waals surface area contributed by atoms with E-state index in [0.29, 0.717) is 32.4 Å². The molecular formula is C23H25F3N4O2. The van der Waals surface area contributed by atoms with E-state index in [1.54, 1.807) is 12.3 Å². The molecule has 0 bridgehead atoms. The number of carbonyl (C=O) groups excluding carboxylic acids is 1. The summed E-state index contributed by atoms with van der Waals surface area (Å²) in [5, 5.41) is 10.5. The Balaban J connectivity index is 1.41. The first kappa shape index (κ1) is 22.3. The van der Waals surface area contributed by atoms with Crippen molar-refractivity contribution in [3.8, 4) is 0 Å². The molecule has 1 unspecified atom stereocenters. The topological polar surface area (TPSA) is 82.1 Å². The van der Waals surface area contributed by atoms with E-state index in [4.69, 9.17) is 0 Å². The van der Waals surface area contributed by atoms with Gasteiger partial charge < -0.3 is 15.0 Å². The average Bonchev–Trinajstić information content (AvgIpc) is 3.15. The van der Waals surface area contributed by atoms with Crippen LogP contribution in [0.25, 0.3) is 11.0 Å². The van der Waals surface area contributed by atoms with Gasteiger partial charge >= 0.3 is 6.18 Å². The van der Waals surface area contributed by atoms with Crippen molar-refractivity contribution >= 4 is 16.9 Å². The number of aryl methyl sites for hydroxylation is 1. The fourth-order valence-corrected chi connectivity index (χ4v) is 4.33. The number of hydrogen-bond acceptors (Lipinski definition) is 4. The normalized spacial score (nSPS) is 17.5. The molecule has 1 saturated heterocycles. The van der Waals surface area contributed by atoms with Crippen LogP contribution in [0.2, 0.25) is 0 Å². The highest BCUT2D eigenvalue weighted by Gasteiger charge is 2.56. The number of amides is 1. The van der Waals surface area contributed by atoms with Gasteiger partial charge in [0.25, 0.3) is 0 Å². The van der Waals surface area contributed by atoms with Crippen molar-refractivity contribution in [2.75, 3.05) is 13.1 Å². The number of hydrogen-bond donors (Lipinski definition) is 2. The molecule has 1 amide bonds. The first-order valence-corrected chi connectivity index (χ1v) is 10.6. The fourth-order valence-electron chi connectivity index (χ4n) is 4.33. The number of piperidine rings is 1. The minimum atomic E-state index is -4.96. The Morgan fingerprint density at radius 3 is 2.53 bits per heavy atom. The molecule has 9 heteroatoms. The Labute approximate surface area is 183 Å². The van der Waals surface area contributed by atoms with Gasteiger partial charge in [0, 0.05) is 19.3 Å². The highest BCUT2D eigenvalue weighted by Crippen LogP contribution is 2.42. The lowest BCUT2D eigenvalue weighted by atomic mass is 9.87. The van der Waals surface area contributed by atoms with E-state index in [0.717, 1.165) is 22.6 Å². The van der Waals surface area contributed by atoms with Crippen molar-refractivity contribution in [1.29, 1.82) is 0 Å². The fraction of sp³-hybridized carbons (Fsp3) is 0.435. The Morgan fingerprint density at radius 2 is 1.88 bits per heavy atom. The van der Waals surface area contributed by atoms with Gasteiger partial charge in [0.05, 0.1) is 17.6 Å². The van der Waals surface area contributed by atoms with Crippen molar-refractivity contribution in [3.05, 3.63) is 59.7 Å². The monoisotopic (exact) mass is 446 g/mol. The van der Waals surface area contributed by atoms with Gasteiger partial charge in [-0.3, -0.25) is 9.78 Å².